The molecule has 96 valence electrons. The molecule has 0 heterocycles. The van der Waals surface area contributed by atoms with Crippen molar-refractivity contribution in [2.45, 2.75) is 18.7 Å². The normalized spacial score (nSPS) is 12.1. The number of hydrogen-bond acceptors (Lipinski definition) is 3. The van der Waals surface area contributed by atoms with E-state index in [9.17, 15) is 8.42 Å². The van der Waals surface area contributed by atoms with Crippen LogP contribution in [0, 0.1) is 5.92 Å². The first-order valence-electron chi connectivity index (χ1n) is 4.92. The summed E-state index contributed by atoms with van der Waals surface area (Å²) in [4.78, 5) is 6.69. The SMILES string of the molecule is CC(C)CONS(=O)(=O)c1c(Cl)cccc1Cl. The first-order chi connectivity index (χ1) is 7.84. The molecule has 17 heavy (non-hydrogen) atoms. The van der Waals surface area contributed by atoms with Crippen LogP contribution in [0.4, 0.5) is 0 Å². The summed E-state index contributed by atoms with van der Waals surface area (Å²) in [7, 11) is -3.85. The molecule has 0 saturated heterocycles. The lowest BCUT2D eigenvalue weighted by atomic mass is 10.2. The summed E-state index contributed by atoms with van der Waals surface area (Å²) >= 11 is 11.6. The van der Waals surface area contributed by atoms with Gasteiger partial charge in [0.1, 0.15) is 4.90 Å². The van der Waals surface area contributed by atoms with Gasteiger partial charge in [-0.25, -0.2) is 8.42 Å². The molecule has 0 bridgehead atoms. The van der Waals surface area contributed by atoms with Gasteiger partial charge in [-0.05, 0) is 18.1 Å². The van der Waals surface area contributed by atoms with Crippen molar-refractivity contribution in [1.29, 1.82) is 0 Å². The predicted molar refractivity (Wildman–Crippen MR) is 67.6 cm³/mol. The molecule has 1 rings (SSSR count). The Balaban J connectivity index is 2.90. The molecule has 7 heteroatoms. The van der Waals surface area contributed by atoms with Gasteiger partial charge in [-0.3, -0.25) is 4.84 Å². The lowest BCUT2D eigenvalue weighted by Gasteiger charge is -2.10. The molecule has 4 nitrogen and oxygen atoms in total. The molecule has 0 aliphatic heterocycles. The Morgan fingerprint density at radius 1 is 1.29 bits per heavy atom. The van der Waals surface area contributed by atoms with Crippen LogP contribution in [0.3, 0.4) is 0 Å². The number of nitrogens with one attached hydrogen (secondary N) is 1. The monoisotopic (exact) mass is 297 g/mol. The first-order valence-corrected chi connectivity index (χ1v) is 7.16. The summed E-state index contributed by atoms with van der Waals surface area (Å²) in [6, 6.07) is 4.47. The van der Waals surface area contributed by atoms with Gasteiger partial charge in [-0.15, -0.1) is 0 Å². The fraction of sp³-hybridized carbons (Fsp3) is 0.400. The second-order valence-electron chi connectivity index (χ2n) is 3.84. The summed E-state index contributed by atoms with van der Waals surface area (Å²) in [5.74, 6) is 0.208. The maximum atomic E-state index is 11.9. The average molecular weight is 298 g/mol. The molecule has 0 aliphatic carbocycles. The first kappa shape index (κ1) is 14.7. The van der Waals surface area contributed by atoms with E-state index in [2.05, 4.69) is 0 Å². The Kier molecular flexibility index (Phi) is 5.22. The van der Waals surface area contributed by atoms with Crippen molar-refractivity contribution in [3.63, 3.8) is 0 Å². The fourth-order valence-electron chi connectivity index (χ4n) is 1.06. The minimum Gasteiger partial charge on any atom is -0.287 e. The van der Waals surface area contributed by atoms with Gasteiger partial charge in [0.2, 0.25) is 0 Å². The highest BCUT2D eigenvalue weighted by atomic mass is 35.5. The molecule has 0 amide bonds. The number of hydrogen-bond donors (Lipinski definition) is 1. The molecule has 0 unspecified atom stereocenters. The summed E-state index contributed by atoms with van der Waals surface area (Å²) in [5, 5.41) is 0.108. The van der Waals surface area contributed by atoms with Gasteiger partial charge >= 0.3 is 0 Å². The van der Waals surface area contributed by atoms with Crippen LogP contribution in [0.25, 0.3) is 0 Å². The van der Waals surface area contributed by atoms with Gasteiger partial charge in [0.05, 0.1) is 16.7 Å². The van der Waals surface area contributed by atoms with Crippen molar-refractivity contribution in [2.24, 2.45) is 5.92 Å². The van der Waals surface area contributed by atoms with Gasteiger partial charge < -0.3 is 0 Å². The molecular weight excluding hydrogens is 285 g/mol. The molecule has 1 aromatic rings. The van der Waals surface area contributed by atoms with E-state index in [1.807, 2.05) is 18.7 Å². The third-order valence-corrected chi connectivity index (χ3v) is 3.94. The zero-order chi connectivity index (χ0) is 13.1. The smallest absolute Gasteiger partial charge is 0.265 e. The summed E-state index contributed by atoms with van der Waals surface area (Å²) in [5.41, 5.74) is 0. The standard InChI is InChI=1S/C10H13Cl2NO3S/c1-7(2)6-16-13-17(14,15)10-8(11)4-3-5-9(10)12/h3-5,7,13H,6H2,1-2H3. The van der Waals surface area contributed by atoms with Crippen molar-refractivity contribution in [3.05, 3.63) is 28.2 Å². The van der Waals surface area contributed by atoms with Crippen molar-refractivity contribution in [1.82, 2.24) is 4.89 Å². The molecule has 0 spiro atoms. The van der Waals surface area contributed by atoms with E-state index in [0.717, 1.165) is 0 Å². The van der Waals surface area contributed by atoms with E-state index in [4.69, 9.17) is 28.0 Å². The van der Waals surface area contributed by atoms with Crippen LogP contribution in [0.5, 0.6) is 0 Å². The van der Waals surface area contributed by atoms with Crippen LogP contribution in [0.1, 0.15) is 13.8 Å². The Hall–Kier alpha value is -0.330. The Bertz CT molecular complexity index is 468. The molecule has 0 atom stereocenters. The summed E-state index contributed by atoms with van der Waals surface area (Å²) in [6.45, 7) is 4.06. The fourth-order valence-corrected chi connectivity index (χ4v) is 3.02. The molecular formula is C10H13Cl2NO3S. The molecule has 0 radical (unpaired) electrons. The van der Waals surface area contributed by atoms with Gasteiger partial charge in [0.15, 0.2) is 0 Å². The minimum absolute atomic E-state index is 0.0538. The van der Waals surface area contributed by atoms with Gasteiger partial charge in [0, 0.05) is 0 Å². The molecule has 0 aromatic heterocycles. The molecule has 1 N–H and O–H groups in total. The van der Waals surface area contributed by atoms with Crippen LogP contribution < -0.4 is 4.89 Å². The van der Waals surface area contributed by atoms with Crippen molar-refractivity contribution in [2.75, 3.05) is 6.61 Å². The minimum atomic E-state index is -3.85. The zero-order valence-corrected chi connectivity index (χ0v) is 11.7. The Labute approximate surface area is 111 Å². The number of halogens is 2. The lowest BCUT2D eigenvalue weighted by molar-refractivity contribution is 0.0719. The van der Waals surface area contributed by atoms with E-state index in [1.165, 1.54) is 12.1 Å². The summed E-state index contributed by atoms with van der Waals surface area (Å²) < 4.78 is 23.7. The zero-order valence-electron chi connectivity index (χ0n) is 9.41. The van der Waals surface area contributed by atoms with E-state index in [-0.39, 0.29) is 27.5 Å². The predicted octanol–water partition coefficient (Wildman–Crippen LogP) is 2.86. The molecule has 1 aromatic carbocycles. The van der Waals surface area contributed by atoms with Crippen molar-refractivity contribution < 1.29 is 13.3 Å². The molecule has 0 aliphatic rings. The van der Waals surface area contributed by atoms with Crippen molar-refractivity contribution in [3.8, 4) is 0 Å². The number of benzene rings is 1. The van der Waals surface area contributed by atoms with Crippen LogP contribution in [-0.2, 0) is 14.9 Å². The quantitative estimate of drug-likeness (QED) is 0.850. The van der Waals surface area contributed by atoms with Crippen LogP contribution in [0.15, 0.2) is 23.1 Å². The topological polar surface area (TPSA) is 55.4 Å². The third-order valence-electron chi connectivity index (χ3n) is 1.77. The Morgan fingerprint density at radius 3 is 2.29 bits per heavy atom. The van der Waals surface area contributed by atoms with Crippen LogP contribution in [0.2, 0.25) is 10.0 Å². The highest BCUT2D eigenvalue weighted by Crippen LogP contribution is 2.28. The van der Waals surface area contributed by atoms with Gasteiger partial charge in [-0.1, -0.05) is 48.0 Å². The highest BCUT2D eigenvalue weighted by molar-refractivity contribution is 7.89. The van der Waals surface area contributed by atoms with Gasteiger partial charge in [-0.2, -0.15) is 0 Å². The second kappa shape index (κ2) is 6.02. The van der Waals surface area contributed by atoms with E-state index >= 15 is 0 Å². The van der Waals surface area contributed by atoms with Crippen molar-refractivity contribution >= 4 is 33.2 Å². The average Bonchev–Trinajstić information content (AvgIpc) is 2.15. The van der Waals surface area contributed by atoms with Crippen LogP contribution in [-0.4, -0.2) is 15.0 Å². The lowest BCUT2D eigenvalue weighted by Crippen LogP contribution is -2.26. The molecule has 0 fully saturated rings. The van der Waals surface area contributed by atoms with Crippen LogP contribution >= 0.6 is 23.2 Å². The largest absolute Gasteiger partial charge is 0.287 e. The van der Waals surface area contributed by atoms with Gasteiger partial charge in [0.25, 0.3) is 10.0 Å². The molecule has 0 saturated carbocycles. The number of rotatable bonds is 5. The highest BCUT2D eigenvalue weighted by Gasteiger charge is 2.21. The Morgan fingerprint density at radius 2 is 1.82 bits per heavy atom. The summed E-state index contributed by atoms with van der Waals surface area (Å²) in [6.07, 6.45) is 0. The maximum absolute atomic E-state index is 11.9. The van der Waals surface area contributed by atoms with E-state index in [0.29, 0.717) is 0 Å². The van der Waals surface area contributed by atoms with E-state index in [1.54, 1.807) is 6.07 Å². The van der Waals surface area contributed by atoms with E-state index < -0.39 is 10.0 Å². The number of sulfonamides is 1. The maximum Gasteiger partial charge on any atom is 0.265 e. The third kappa shape index (κ3) is 4.12. The second-order valence-corrected chi connectivity index (χ2v) is 6.24.